The molecule has 4 aromatic heterocycles. The van der Waals surface area contributed by atoms with Gasteiger partial charge < -0.3 is 4.98 Å². The van der Waals surface area contributed by atoms with Crippen molar-refractivity contribution >= 4 is 31.8 Å². The first kappa shape index (κ1) is 28.4. The number of nitrogens with zero attached hydrogens (tertiary/aromatic N) is 4. The molecule has 224 valence electrons. The fourth-order valence-electron chi connectivity index (χ4n) is 6.17. The van der Waals surface area contributed by atoms with E-state index in [2.05, 4.69) is 42.2 Å². The number of rotatable bonds is 8. The van der Waals surface area contributed by atoms with Gasteiger partial charge in [-0.05, 0) is 91.0 Å². The van der Waals surface area contributed by atoms with Gasteiger partial charge in [-0.25, -0.2) is 17.8 Å². The molecule has 6 aromatic rings. The highest BCUT2D eigenvalue weighted by Gasteiger charge is 2.17. The molecule has 0 saturated carbocycles. The van der Waals surface area contributed by atoms with E-state index < -0.39 is 15.7 Å². The van der Waals surface area contributed by atoms with E-state index in [1.54, 1.807) is 0 Å². The predicted octanol–water partition coefficient (Wildman–Crippen LogP) is 6.55. The van der Waals surface area contributed by atoms with Crippen LogP contribution in [0.4, 0.5) is 4.39 Å². The highest BCUT2D eigenvalue weighted by Crippen LogP contribution is 2.35. The van der Waals surface area contributed by atoms with E-state index >= 15 is 0 Å². The van der Waals surface area contributed by atoms with E-state index in [0.29, 0.717) is 16.8 Å². The Labute approximate surface area is 255 Å². The number of hydrogen-bond donors (Lipinski definition) is 2. The number of hydrogen-bond acceptors (Lipinski definition) is 6. The Balaban J connectivity index is 1.23. The minimum atomic E-state index is -3.16. The van der Waals surface area contributed by atoms with Crippen molar-refractivity contribution in [3.05, 3.63) is 90.1 Å². The van der Waals surface area contributed by atoms with E-state index in [-0.39, 0.29) is 12.2 Å². The average molecular weight is 609 g/mol. The van der Waals surface area contributed by atoms with E-state index in [1.807, 2.05) is 48.9 Å². The van der Waals surface area contributed by atoms with Crippen molar-refractivity contribution in [1.82, 2.24) is 30.0 Å². The lowest BCUT2D eigenvalue weighted by atomic mass is 9.98. The number of nitrogens with one attached hydrogen (secondary N) is 2. The van der Waals surface area contributed by atoms with Gasteiger partial charge in [-0.1, -0.05) is 24.6 Å². The van der Waals surface area contributed by atoms with Crippen LogP contribution in [0.1, 0.15) is 30.4 Å². The second kappa shape index (κ2) is 11.6. The highest BCUT2D eigenvalue weighted by atomic mass is 32.2. The molecule has 0 spiro atoms. The van der Waals surface area contributed by atoms with Crippen LogP contribution in [0.25, 0.3) is 55.6 Å². The molecular formula is C34H33FN6O2S. The maximum absolute atomic E-state index is 14.7. The number of aromatic amines is 2. The molecule has 0 bridgehead atoms. The van der Waals surface area contributed by atoms with Crippen molar-refractivity contribution in [3.8, 4) is 33.6 Å². The lowest BCUT2D eigenvalue weighted by molar-refractivity contribution is 0.220. The van der Waals surface area contributed by atoms with Crippen LogP contribution in [0, 0.1) is 5.82 Å². The molecule has 2 aromatic carbocycles. The number of fused-ring (bicyclic) bond motifs is 2. The summed E-state index contributed by atoms with van der Waals surface area (Å²) >= 11 is 0. The van der Waals surface area contributed by atoms with Crippen molar-refractivity contribution < 1.29 is 12.8 Å². The summed E-state index contributed by atoms with van der Waals surface area (Å²) in [5, 5.41) is 9.42. The number of aryl methyl sites for hydroxylation is 1. The SMILES string of the molecule is CS(=O)(=O)CCc1cc(F)cc(-c2cccc3[nH]c(-c4[nH]nc5ncc(-c6cncc(CN7CCCCC7)c6)cc45)cc23)c1. The van der Waals surface area contributed by atoms with Crippen molar-refractivity contribution in [3.63, 3.8) is 0 Å². The third kappa shape index (κ3) is 6.00. The molecule has 0 radical (unpaired) electrons. The van der Waals surface area contributed by atoms with Gasteiger partial charge in [0.25, 0.3) is 0 Å². The average Bonchev–Trinajstić information content (AvgIpc) is 3.64. The monoisotopic (exact) mass is 608 g/mol. The van der Waals surface area contributed by atoms with E-state index in [1.165, 1.54) is 43.2 Å². The minimum absolute atomic E-state index is 0.0316. The number of sulfone groups is 1. The largest absolute Gasteiger partial charge is 0.353 e. The molecule has 0 unspecified atom stereocenters. The first-order valence-corrected chi connectivity index (χ1v) is 17.0. The van der Waals surface area contributed by atoms with Crippen LogP contribution in [0.5, 0.6) is 0 Å². The van der Waals surface area contributed by atoms with Crippen molar-refractivity contribution in [1.29, 1.82) is 0 Å². The molecule has 1 fully saturated rings. The number of halogens is 1. The van der Waals surface area contributed by atoms with E-state index in [9.17, 15) is 12.8 Å². The molecule has 44 heavy (non-hydrogen) atoms. The van der Waals surface area contributed by atoms with Gasteiger partial charge in [0.15, 0.2) is 5.65 Å². The molecule has 10 heteroatoms. The van der Waals surface area contributed by atoms with Crippen molar-refractivity contribution in [2.24, 2.45) is 0 Å². The zero-order valence-electron chi connectivity index (χ0n) is 24.5. The van der Waals surface area contributed by atoms with Crippen LogP contribution >= 0.6 is 0 Å². The van der Waals surface area contributed by atoms with E-state index in [4.69, 9.17) is 0 Å². The normalized spacial score (nSPS) is 14.5. The number of pyridine rings is 2. The number of likely N-dealkylation sites (tertiary alicyclic amines) is 1. The Morgan fingerprint density at radius 3 is 2.55 bits per heavy atom. The van der Waals surface area contributed by atoms with Crippen LogP contribution in [-0.2, 0) is 22.8 Å². The molecule has 5 heterocycles. The molecular weight excluding hydrogens is 575 g/mol. The minimum Gasteiger partial charge on any atom is -0.353 e. The standard InChI is InChI=1S/C34H33FN6O2S/c1-44(42,43)11-8-22-12-24(15-27(35)14-22)28-6-5-7-31-29(28)17-32(38-31)33-30-16-26(20-37-34(30)40-39-33)25-13-23(18-36-19-25)21-41-9-3-2-4-10-41/h5-7,12-20,38H,2-4,8-11,21H2,1H3,(H,37,39,40). The summed E-state index contributed by atoms with van der Waals surface area (Å²) in [4.78, 5) is 15.2. The predicted molar refractivity (Wildman–Crippen MR) is 172 cm³/mol. The maximum atomic E-state index is 14.7. The first-order valence-electron chi connectivity index (χ1n) is 14.9. The topological polar surface area (TPSA) is 108 Å². The summed E-state index contributed by atoms with van der Waals surface area (Å²) in [6, 6.07) is 16.9. The smallest absolute Gasteiger partial charge is 0.181 e. The fraction of sp³-hybridized carbons (Fsp3) is 0.265. The number of benzene rings is 2. The third-order valence-electron chi connectivity index (χ3n) is 8.36. The summed E-state index contributed by atoms with van der Waals surface area (Å²) in [6.07, 6.45) is 10.9. The summed E-state index contributed by atoms with van der Waals surface area (Å²) < 4.78 is 38.1. The lowest BCUT2D eigenvalue weighted by Gasteiger charge is -2.26. The van der Waals surface area contributed by atoms with Gasteiger partial charge in [0.2, 0.25) is 0 Å². The summed E-state index contributed by atoms with van der Waals surface area (Å²) in [5.74, 6) is -0.428. The van der Waals surface area contributed by atoms with Gasteiger partial charge in [0.1, 0.15) is 15.7 Å². The molecule has 1 aliphatic heterocycles. The van der Waals surface area contributed by atoms with Gasteiger partial charge >= 0.3 is 0 Å². The Bertz CT molecular complexity index is 2100. The maximum Gasteiger partial charge on any atom is 0.181 e. The Morgan fingerprint density at radius 2 is 1.70 bits per heavy atom. The number of aromatic nitrogens is 5. The van der Waals surface area contributed by atoms with Crippen LogP contribution in [0.15, 0.2) is 73.2 Å². The second-order valence-corrected chi connectivity index (χ2v) is 14.1. The number of H-pyrrole nitrogens is 2. The van der Waals surface area contributed by atoms with Gasteiger partial charge in [0.05, 0.1) is 17.1 Å². The third-order valence-corrected chi connectivity index (χ3v) is 9.30. The first-order chi connectivity index (χ1) is 21.3. The molecule has 7 rings (SSSR count). The Hall–Kier alpha value is -4.41. The molecule has 0 atom stereocenters. The van der Waals surface area contributed by atoms with Gasteiger partial charge in [-0.3, -0.25) is 15.0 Å². The summed E-state index contributed by atoms with van der Waals surface area (Å²) in [7, 11) is -3.16. The fourth-order valence-corrected chi connectivity index (χ4v) is 6.77. The van der Waals surface area contributed by atoms with Gasteiger partial charge in [0, 0.05) is 58.8 Å². The van der Waals surface area contributed by atoms with Gasteiger partial charge in [-0.15, -0.1) is 0 Å². The Morgan fingerprint density at radius 1 is 0.886 bits per heavy atom. The Kier molecular flexibility index (Phi) is 7.47. The molecule has 1 saturated heterocycles. The van der Waals surface area contributed by atoms with Crippen LogP contribution in [0.3, 0.4) is 0 Å². The molecule has 0 amide bonds. The summed E-state index contributed by atoms with van der Waals surface area (Å²) in [6.45, 7) is 3.16. The zero-order valence-corrected chi connectivity index (χ0v) is 25.3. The van der Waals surface area contributed by atoms with Crippen LogP contribution < -0.4 is 0 Å². The summed E-state index contributed by atoms with van der Waals surface area (Å²) in [5.41, 5.74) is 8.50. The van der Waals surface area contributed by atoms with Crippen molar-refractivity contribution in [2.45, 2.75) is 32.2 Å². The zero-order chi connectivity index (χ0) is 30.3. The lowest BCUT2D eigenvalue weighted by Crippen LogP contribution is -2.29. The molecule has 8 nitrogen and oxygen atoms in total. The molecule has 1 aliphatic rings. The number of piperidine rings is 1. The van der Waals surface area contributed by atoms with Crippen LogP contribution in [0.2, 0.25) is 0 Å². The quantitative estimate of drug-likeness (QED) is 0.203. The van der Waals surface area contributed by atoms with E-state index in [0.717, 1.165) is 64.0 Å². The molecule has 2 N–H and O–H groups in total. The second-order valence-electron chi connectivity index (χ2n) is 11.8. The molecule has 0 aliphatic carbocycles. The van der Waals surface area contributed by atoms with Crippen molar-refractivity contribution in [2.75, 3.05) is 25.1 Å². The van der Waals surface area contributed by atoms with Gasteiger partial charge in [-0.2, -0.15) is 5.10 Å². The highest BCUT2D eigenvalue weighted by molar-refractivity contribution is 7.90. The van der Waals surface area contributed by atoms with Crippen LogP contribution in [-0.4, -0.2) is 63.6 Å².